The van der Waals surface area contributed by atoms with Gasteiger partial charge in [-0.1, -0.05) is 0 Å². The van der Waals surface area contributed by atoms with Crippen LogP contribution in [0.4, 0.5) is 23.4 Å². The summed E-state index contributed by atoms with van der Waals surface area (Å²) in [5.74, 6) is -0.728. The topological polar surface area (TPSA) is 93.4 Å². The summed E-state index contributed by atoms with van der Waals surface area (Å²) in [6, 6.07) is 1.26. The Labute approximate surface area is 197 Å². The molecule has 0 spiro atoms. The molecule has 1 saturated carbocycles. The van der Waals surface area contributed by atoms with Gasteiger partial charge in [-0.25, -0.2) is 24.0 Å². The van der Waals surface area contributed by atoms with E-state index in [1.165, 1.54) is 17.1 Å². The molecule has 1 N–H and O–H groups in total. The minimum atomic E-state index is -4.61. The number of alkyl halides is 3. The first-order chi connectivity index (χ1) is 16.6. The van der Waals surface area contributed by atoms with Crippen LogP contribution in [0.5, 0.6) is 0 Å². The average Bonchev–Trinajstić information content (AvgIpc) is 3.20. The molecule has 2 aliphatic carbocycles. The molecule has 1 fully saturated rings. The Morgan fingerprint density at radius 2 is 2.00 bits per heavy atom. The summed E-state index contributed by atoms with van der Waals surface area (Å²) in [7, 11) is 0. The first-order valence-corrected chi connectivity index (χ1v) is 11.4. The fourth-order valence-electron chi connectivity index (χ4n) is 4.61. The Bertz CT molecular complexity index is 1290. The van der Waals surface area contributed by atoms with E-state index in [1.807, 2.05) is 11.8 Å². The first kappa shape index (κ1) is 22.0. The van der Waals surface area contributed by atoms with E-state index in [0.717, 1.165) is 12.8 Å². The van der Waals surface area contributed by atoms with Gasteiger partial charge in [-0.05, 0) is 32.8 Å². The van der Waals surface area contributed by atoms with Gasteiger partial charge in [0.25, 0.3) is 5.82 Å². The monoisotopic (exact) mass is 490 g/mol. The highest BCUT2D eigenvalue weighted by Crippen LogP contribution is 2.44. The largest absolute Gasteiger partial charge is 0.489 e. The van der Waals surface area contributed by atoms with Crippen molar-refractivity contribution in [1.82, 2.24) is 30.2 Å². The zero-order chi connectivity index (χ0) is 24.5. The van der Waals surface area contributed by atoms with Crippen LogP contribution in [0.2, 0.25) is 0 Å². The highest BCUT2D eigenvalue weighted by atomic mass is 19.4. The van der Waals surface area contributed by atoms with Gasteiger partial charge in [0.1, 0.15) is 29.3 Å². The van der Waals surface area contributed by atoms with E-state index in [2.05, 4.69) is 30.6 Å². The van der Waals surface area contributed by atoms with Crippen molar-refractivity contribution in [3.63, 3.8) is 0 Å². The Morgan fingerprint density at radius 1 is 1.20 bits per heavy atom. The number of allylic oxidation sites excluding steroid dienone is 4. The van der Waals surface area contributed by atoms with Crippen molar-refractivity contribution in [2.24, 2.45) is 11.0 Å². The van der Waals surface area contributed by atoms with E-state index in [-0.39, 0.29) is 23.9 Å². The second-order valence-electron chi connectivity index (χ2n) is 9.43. The number of nitrogens with zero attached hydrogens (tertiary/aromatic N) is 7. The van der Waals surface area contributed by atoms with Crippen molar-refractivity contribution in [1.29, 1.82) is 0 Å². The summed E-state index contributed by atoms with van der Waals surface area (Å²) in [5.41, 5.74) is 4.39. The number of ether oxygens (including phenoxy) is 1. The summed E-state index contributed by atoms with van der Waals surface area (Å²) >= 11 is 0. The van der Waals surface area contributed by atoms with Gasteiger partial charge in [-0.2, -0.15) is 18.3 Å². The molecule has 2 aliphatic heterocycles. The minimum absolute atomic E-state index is 0.220. The third-order valence-corrected chi connectivity index (χ3v) is 6.83. The second kappa shape index (κ2) is 7.49. The molecule has 4 aliphatic rings. The number of hydrogen-bond acceptors (Lipinski definition) is 8. The molecule has 1 unspecified atom stereocenters. The molecule has 0 bridgehead atoms. The van der Waals surface area contributed by atoms with Crippen molar-refractivity contribution >= 4 is 11.5 Å². The van der Waals surface area contributed by atoms with E-state index in [0.29, 0.717) is 41.6 Å². The van der Waals surface area contributed by atoms with Crippen LogP contribution in [0.1, 0.15) is 56.5 Å². The van der Waals surface area contributed by atoms with Crippen LogP contribution in [-0.2, 0) is 17.5 Å². The van der Waals surface area contributed by atoms with Crippen LogP contribution in [0.15, 0.2) is 40.9 Å². The van der Waals surface area contributed by atoms with Gasteiger partial charge >= 0.3 is 6.18 Å². The molecular formula is C22H22F4N8O. The van der Waals surface area contributed by atoms with Crippen LogP contribution < -0.4 is 10.3 Å². The fraction of sp³-hybridized carbons (Fsp3) is 0.500. The standard InChI is InChI=1S/C22H22F4N8O/c1-11-19-29-20(22(24,25)26)32-34(19)6-5-33(11)17-9-15(27-10-28-17)18-12-7-16(35-21(2)3-4-21)13(23)8-14(12)30-31-18/h8-12,30H,3-7H2,1-2H3/t11?,12-/m0/s1. The quantitative estimate of drug-likeness (QED) is 0.655. The predicted octanol–water partition coefficient (Wildman–Crippen LogP) is 3.63. The van der Waals surface area contributed by atoms with Gasteiger partial charge in [0.15, 0.2) is 5.83 Å². The molecule has 13 heteroatoms. The highest BCUT2D eigenvalue weighted by molar-refractivity contribution is 6.04. The Kier molecular flexibility index (Phi) is 4.71. The summed E-state index contributed by atoms with van der Waals surface area (Å²) in [6.07, 6.45) is 0.304. The maximum absolute atomic E-state index is 14.6. The lowest BCUT2D eigenvalue weighted by atomic mass is 9.90. The third kappa shape index (κ3) is 3.82. The predicted molar refractivity (Wildman–Crippen MR) is 116 cm³/mol. The molecule has 0 aromatic carbocycles. The lowest BCUT2D eigenvalue weighted by molar-refractivity contribution is -0.145. The number of aromatic nitrogens is 5. The van der Waals surface area contributed by atoms with Crippen molar-refractivity contribution in [2.45, 2.75) is 57.5 Å². The number of hydrazone groups is 1. The summed E-state index contributed by atoms with van der Waals surface area (Å²) in [5, 5.41) is 8.00. The smallest absolute Gasteiger partial charge is 0.453 e. The van der Waals surface area contributed by atoms with Crippen molar-refractivity contribution < 1.29 is 22.3 Å². The van der Waals surface area contributed by atoms with E-state index in [4.69, 9.17) is 4.74 Å². The zero-order valence-corrected chi connectivity index (χ0v) is 19.0. The van der Waals surface area contributed by atoms with Gasteiger partial charge < -0.3 is 9.64 Å². The van der Waals surface area contributed by atoms with E-state index in [1.54, 1.807) is 13.0 Å². The fourth-order valence-corrected chi connectivity index (χ4v) is 4.61. The third-order valence-electron chi connectivity index (χ3n) is 6.83. The number of nitrogens with one attached hydrogen (secondary N) is 1. The van der Waals surface area contributed by atoms with Gasteiger partial charge in [0.05, 0.1) is 29.9 Å². The van der Waals surface area contributed by atoms with Gasteiger partial charge in [-0.3, -0.25) is 5.43 Å². The number of halogens is 4. The minimum Gasteiger partial charge on any atom is -0.489 e. The SMILES string of the molecule is CC1c2nc(C(F)(F)F)nn2CCN1c1cc(C2=NNC3=CC(F)=C(OC4(C)CC4)C[C@@H]32)ncn1. The van der Waals surface area contributed by atoms with E-state index in [9.17, 15) is 17.6 Å². The maximum Gasteiger partial charge on any atom is 0.453 e. The van der Waals surface area contributed by atoms with Gasteiger partial charge in [-0.15, -0.1) is 5.10 Å². The summed E-state index contributed by atoms with van der Waals surface area (Å²) in [4.78, 5) is 14.3. The highest BCUT2D eigenvalue weighted by Gasteiger charge is 2.44. The lowest BCUT2D eigenvalue weighted by Crippen LogP contribution is -2.38. The molecule has 4 heterocycles. The van der Waals surface area contributed by atoms with Crippen LogP contribution in [0.25, 0.3) is 0 Å². The molecule has 2 aromatic heterocycles. The number of hydrogen-bond donors (Lipinski definition) is 1. The van der Waals surface area contributed by atoms with Crippen LogP contribution in [0, 0.1) is 5.92 Å². The van der Waals surface area contributed by atoms with Crippen molar-refractivity contribution in [3.05, 3.63) is 53.1 Å². The van der Waals surface area contributed by atoms with Crippen LogP contribution >= 0.6 is 0 Å². The Balaban J connectivity index is 1.25. The van der Waals surface area contributed by atoms with Gasteiger partial charge in [0, 0.05) is 24.7 Å². The molecule has 184 valence electrons. The summed E-state index contributed by atoms with van der Waals surface area (Å²) in [6.45, 7) is 4.36. The Hall–Kier alpha value is -3.51. The molecule has 0 amide bonds. The zero-order valence-electron chi connectivity index (χ0n) is 19.0. The van der Waals surface area contributed by atoms with Crippen molar-refractivity contribution in [2.75, 3.05) is 11.4 Å². The molecule has 6 rings (SSSR count). The number of rotatable bonds is 4. The lowest BCUT2D eigenvalue weighted by Gasteiger charge is -2.33. The maximum atomic E-state index is 14.6. The van der Waals surface area contributed by atoms with Crippen LogP contribution in [0.3, 0.4) is 0 Å². The molecule has 0 saturated heterocycles. The molecule has 2 atom stereocenters. The van der Waals surface area contributed by atoms with E-state index < -0.39 is 23.9 Å². The first-order valence-electron chi connectivity index (χ1n) is 11.4. The second-order valence-corrected chi connectivity index (χ2v) is 9.43. The molecule has 35 heavy (non-hydrogen) atoms. The van der Waals surface area contributed by atoms with Crippen LogP contribution in [-0.4, -0.2) is 42.6 Å². The molecular weight excluding hydrogens is 468 g/mol. The molecule has 9 nitrogen and oxygen atoms in total. The molecule has 0 radical (unpaired) electrons. The number of anilines is 1. The summed E-state index contributed by atoms with van der Waals surface area (Å²) < 4.78 is 61.1. The average molecular weight is 490 g/mol. The van der Waals surface area contributed by atoms with Crippen molar-refractivity contribution in [3.8, 4) is 0 Å². The van der Waals surface area contributed by atoms with E-state index >= 15 is 0 Å². The molecule has 2 aromatic rings. The Morgan fingerprint density at radius 3 is 2.74 bits per heavy atom. The number of fused-ring (bicyclic) bond motifs is 2. The normalized spacial score (nSPS) is 24.9. The van der Waals surface area contributed by atoms with Gasteiger partial charge in [0.2, 0.25) is 0 Å².